The van der Waals surface area contributed by atoms with Crippen LogP contribution in [0.5, 0.6) is 0 Å². The Labute approximate surface area is 89.7 Å². The summed E-state index contributed by atoms with van der Waals surface area (Å²) in [6, 6.07) is 8.77. The highest BCUT2D eigenvalue weighted by atomic mass is 16.3. The van der Waals surface area contributed by atoms with Crippen molar-refractivity contribution in [3.05, 3.63) is 29.8 Å². The van der Waals surface area contributed by atoms with Gasteiger partial charge < -0.3 is 15.3 Å². The van der Waals surface area contributed by atoms with Gasteiger partial charge in [0.15, 0.2) is 0 Å². The van der Waals surface area contributed by atoms with E-state index in [2.05, 4.69) is 34.5 Å². The number of rotatable bonds is 1. The van der Waals surface area contributed by atoms with E-state index >= 15 is 0 Å². The Hall–Kier alpha value is -1.06. The Bertz CT molecular complexity index is 366. The minimum atomic E-state index is -0.226. The molecule has 3 heteroatoms. The summed E-state index contributed by atoms with van der Waals surface area (Å²) in [7, 11) is 0. The molecule has 2 N–H and O–H groups in total. The van der Waals surface area contributed by atoms with Crippen molar-refractivity contribution in [2.75, 3.05) is 24.5 Å². The lowest BCUT2D eigenvalue weighted by Gasteiger charge is -2.28. The Morgan fingerprint density at radius 1 is 1.27 bits per heavy atom. The maximum atomic E-state index is 9.87. The van der Waals surface area contributed by atoms with Gasteiger partial charge in [0.2, 0.25) is 0 Å². The Kier molecular flexibility index (Phi) is 2.15. The van der Waals surface area contributed by atoms with Crippen LogP contribution >= 0.6 is 0 Å². The van der Waals surface area contributed by atoms with Crippen molar-refractivity contribution in [3.8, 4) is 0 Å². The minimum absolute atomic E-state index is 0.226. The molecule has 0 saturated carbocycles. The fraction of sp³-hybridized carbons (Fsp3) is 0.500. The summed E-state index contributed by atoms with van der Waals surface area (Å²) in [5.41, 5.74) is 2.72. The van der Waals surface area contributed by atoms with Gasteiger partial charge in [-0.2, -0.15) is 0 Å². The molecule has 80 valence electrons. The summed E-state index contributed by atoms with van der Waals surface area (Å²) in [5.74, 6) is 0. The second-order valence-corrected chi connectivity index (χ2v) is 4.37. The van der Waals surface area contributed by atoms with E-state index in [9.17, 15) is 5.11 Å². The first-order valence-electron chi connectivity index (χ1n) is 5.59. The van der Waals surface area contributed by atoms with Crippen molar-refractivity contribution in [3.63, 3.8) is 0 Å². The van der Waals surface area contributed by atoms with Crippen LogP contribution < -0.4 is 10.2 Å². The molecular weight excluding hydrogens is 188 g/mol. The summed E-state index contributed by atoms with van der Waals surface area (Å²) < 4.78 is 0. The van der Waals surface area contributed by atoms with Gasteiger partial charge in [-0.25, -0.2) is 0 Å². The van der Waals surface area contributed by atoms with Gasteiger partial charge in [-0.1, -0.05) is 18.2 Å². The second-order valence-electron chi connectivity index (χ2n) is 4.37. The summed E-state index contributed by atoms with van der Waals surface area (Å²) in [5, 5.41) is 13.1. The third kappa shape index (κ3) is 1.43. The van der Waals surface area contributed by atoms with E-state index in [1.54, 1.807) is 0 Å². The zero-order valence-electron chi connectivity index (χ0n) is 8.69. The number of β-amino-alcohol motifs (C(OH)–C–C–N with tert-alkyl or cyclic N) is 1. The highest BCUT2D eigenvalue weighted by Gasteiger charge is 2.33. The standard InChI is InChI=1S/C12H16N2O/c15-12-8-13-7-11(12)14-6-5-9-3-1-2-4-10(9)14/h1-4,11-13,15H,5-8H2/t11-,12-/m0/s1. The molecule has 0 aliphatic carbocycles. The number of aliphatic hydroxyl groups is 1. The van der Waals surface area contributed by atoms with Crippen LogP contribution in [-0.2, 0) is 6.42 Å². The van der Waals surface area contributed by atoms with E-state index in [4.69, 9.17) is 0 Å². The van der Waals surface area contributed by atoms with Crippen LogP contribution in [0.1, 0.15) is 5.56 Å². The normalized spacial score (nSPS) is 29.5. The number of hydrogen-bond acceptors (Lipinski definition) is 3. The van der Waals surface area contributed by atoms with Crippen LogP contribution in [0.4, 0.5) is 5.69 Å². The number of anilines is 1. The van der Waals surface area contributed by atoms with Crippen LogP contribution in [-0.4, -0.2) is 36.9 Å². The van der Waals surface area contributed by atoms with Crippen molar-refractivity contribution in [1.29, 1.82) is 0 Å². The van der Waals surface area contributed by atoms with Crippen LogP contribution in [0.2, 0.25) is 0 Å². The highest BCUT2D eigenvalue weighted by Crippen LogP contribution is 2.30. The monoisotopic (exact) mass is 204 g/mol. The predicted octanol–water partition coefficient (Wildman–Crippen LogP) is 0.382. The Morgan fingerprint density at radius 3 is 2.93 bits per heavy atom. The fourth-order valence-electron chi connectivity index (χ4n) is 2.68. The summed E-state index contributed by atoms with van der Waals surface area (Å²) in [4.78, 5) is 2.35. The molecule has 1 aromatic rings. The smallest absolute Gasteiger partial charge is 0.0879 e. The molecule has 0 unspecified atom stereocenters. The molecule has 0 bridgehead atoms. The molecule has 0 amide bonds. The average Bonchev–Trinajstić information content (AvgIpc) is 2.83. The molecule has 0 aromatic heterocycles. The van der Waals surface area contributed by atoms with Gasteiger partial charge in [0.05, 0.1) is 12.1 Å². The molecular formula is C12H16N2O. The van der Waals surface area contributed by atoms with Gasteiger partial charge in [0.25, 0.3) is 0 Å². The first-order valence-corrected chi connectivity index (χ1v) is 5.59. The largest absolute Gasteiger partial charge is 0.390 e. The molecule has 15 heavy (non-hydrogen) atoms. The van der Waals surface area contributed by atoms with Crippen LogP contribution in [0.3, 0.4) is 0 Å². The molecule has 3 nitrogen and oxygen atoms in total. The van der Waals surface area contributed by atoms with E-state index < -0.39 is 0 Å². The maximum Gasteiger partial charge on any atom is 0.0879 e. The lowest BCUT2D eigenvalue weighted by Crippen LogP contribution is -2.42. The third-order valence-electron chi connectivity index (χ3n) is 3.47. The third-order valence-corrected chi connectivity index (χ3v) is 3.47. The summed E-state index contributed by atoms with van der Waals surface area (Å²) in [6.07, 6.45) is 0.885. The maximum absolute atomic E-state index is 9.87. The van der Waals surface area contributed by atoms with Crippen LogP contribution in [0.15, 0.2) is 24.3 Å². The summed E-state index contributed by atoms with van der Waals surface area (Å²) in [6.45, 7) is 2.67. The Balaban J connectivity index is 1.90. The topological polar surface area (TPSA) is 35.5 Å². The van der Waals surface area contributed by atoms with Gasteiger partial charge in [-0.05, 0) is 18.1 Å². The first kappa shape index (κ1) is 9.19. The fourth-order valence-corrected chi connectivity index (χ4v) is 2.68. The zero-order valence-corrected chi connectivity index (χ0v) is 8.69. The molecule has 0 spiro atoms. The van der Waals surface area contributed by atoms with E-state index in [1.807, 2.05) is 0 Å². The molecule has 2 heterocycles. The average molecular weight is 204 g/mol. The number of para-hydroxylation sites is 1. The van der Waals surface area contributed by atoms with Crippen molar-refractivity contribution < 1.29 is 5.11 Å². The molecule has 1 aromatic carbocycles. The minimum Gasteiger partial charge on any atom is -0.390 e. The van der Waals surface area contributed by atoms with Gasteiger partial charge >= 0.3 is 0 Å². The number of benzene rings is 1. The lowest BCUT2D eigenvalue weighted by atomic mass is 10.1. The molecule has 1 fully saturated rings. The van der Waals surface area contributed by atoms with Gasteiger partial charge in [0.1, 0.15) is 0 Å². The number of nitrogens with zero attached hydrogens (tertiary/aromatic N) is 1. The zero-order chi connectivity index (χ0) is 10.3. The molecule has 3 rings (SSSR count). The Morgan fingerprint density at radius 2 is 2.13 bits per heavy atom. The molecule has 2 aliphatic rings. The first-order chi connectivity index (χ1) is 7.36. The molecule has 2 aliphatic heterocycles. The lowest BCUT2D eigenvalue weighted by molar-refractivity contribution is 0.175. The highest BCUT2D eigenvalue weighted by molar-refractivity contribution is 5.59. The number of fused-ring (bicyclic) bond motifs is 1. The second kappa shape index (κ2) is 3.51. The SMILES string of the molecule is O[C@H]1CNC[C@@H]1N1CCc2ccccc21. The number of aliphatic hydroxyl groups excluding tert-OH is 1. The van der Waals surface area contributed by atoms with Crippen molar-refractivity contribution in [2.45, 2.75) is 18.6 Å². The van der Waals surface area contributed by atoms with Gasteiger partial charge in [-0.3, -0.25) is 0 Å². The number of hydrogen-bond donors (Lipinski definition) is 2. The van der Waals surface area contributed by atoms with Crippen molar-refractivity contribution in [2.24, 2.45) is 0 Å². The van der Waals surface area contributed by atoms with Gasteiger partial charge in [0, 0.05) is 25.3 Å². The number of nitrogens with one attached hydrogen (secondary N) is 1. The van der Waals surface area contributed by atoms with E-state index in [-0.39, 0.29) is 12.1 Å². The van der Waals surface area contributed by atoms with E-state index in [0.717, 1.165) is 26.1 Å². The van der Waals surface area contributed by atoms with Crippen molar-refractivity contribution in [1.82, 2.24) is 5.32 Å². The van der Waals surface area contributed by atoms with Crippen LogP contribution in [0.25, 0.3) is 0 Å². The van der Waals surface area contributed by atoms with Crippen LogP contribution in [0, 0.1) is 0 Å². The summed E-state index contributed by atoms with van der Waals surface area (Å²) >= 11 is 0. The quantitative estimate of drug-likeness (QED) is 0.694. The van der Waals surface area contributed by atoms with E-state index in [1.165, 1.54) is 11.3 Å². The molecule has 0 radical (unpaired) electrons. The van der Waals surface area contributed by atoms with E-state index in [0.29, 0.717) is 0 Å². The molecule has 1 saturated heterocycles. The molecule has 2 atom stereocenters. The van der Waals surface area contributed by atoms with Crippen molar-refractivity contribution >= 4 is 5.69 Å². The predicted molar refractivity (Wildman–Crippen MR) is 60.2 cm³/mol. The van der Waals surface area contributed by atoms with Gasteiger partial charge in [-0.15, -0.1) is 0 Å².